The first-order valence-electron chi connectivity index (χ1n) is 14.7. The second-order valence-electron chi connectivity index (χ2n) is 11.4. The van der Waals surface area contributed by atoms with Gasteiger partial charge < -0.3 is 15.3 Å². The molecule has 2 N–H and O–H groups in total. The smallest absolute Gasteiger partial charge is 0.322 e. The van der Waals surface area contributed by atoms with Gasteiger partial charge in [-0.3, -0.25) is 9.58 Å². The molecule has 6 rings (SSSR count). The van der Waals surface area contributed by atoms with Crippen LogP contribution in [0.5, 0.6) is 0 Å². The van der Waals surface area contributed by atoms with Gasteiger partial charge >= 0.3 is 6.03 Å². The highest BCUT2D eigenvalue weighted by atomic mass is 35.5. The number of amides is 2. The Morgan fingerprint density at radius 1 is 1.09 bits per heavy atom. The van der Waals surface area contributed by atoms with E-state index in [1.807, 2.05) is 23.1 Å². The number of anilines is 1. The lowest BCUT2D eigenvalue weighted by Crippen LogP contribution is -2.54. The van der Waals surface area contributed by atoms with Gasteiger partial charge in [0.25, 0.3) is 0 Å². The van der Waals surface area contributed by atoms with E-state index in [1.54, 1.807) is 16.8 Å². The number of aliphatic hydroxyl groups is 1. The summed E-state index contributed by atoms with van der Waals surface area (Å²) in [6, 6.07) is 11.6. The van der Waals surface area contributed by atoms with Gasteiger partial charge in [-0.15, -0.1) is 0 Å². The SMILES string of the molecule is CS(=O)(=O)N1CCc2c(c(-c3ccc(F)cc3)nn2CC(O)CN2CCC(N3C(=O)NCc4cc(Cl)ccc43)CC2)C1.FCF. The van der Waals surface area contributed by atoms with Gasteiger partial charge in [0.2, 0.25) is 17.0 Å². The molecule has 15 heteroatoms. The molecule has 0 spiro atoms. The number of benzene rings is 2. The van der Waals surface area contributed by atoms with E-state index in [9.17, 15) is 31.5 Å². The highest BCUT2D eigenvalue weighted by molar-refractivity contribution is 7.88. The maximum Gasteiger partial charge on any atom is 0.322 e. The van der Waals surface area contributed by atoms with Crippen LogP contribution in [0, 0.1) is 5.82 Å². The van der Waals surface area contributed by atoms with Crippen LogP contribution >= 0.6 is 11.6 Å². The first-order valence-corrected chi connectivity index (χ1v) is 16.9. The Morgan fingerprint density at radius 3 is 2.44 bits per heavy atom. The van der Waals surface area contributed by atoms with Crippen LogP contribution < -0.4 is 10.2 Å². The van der Waals surface area contributed by atoms with Crippen LogP contribution in [0.1, 0.15) is 29.7 Å². The van der Waals surface area contributed by atoms with Crippen LogP contribution in [0.25, 0.3) is 11.3 Å². The van der Waals surface area contributed by atoms with Crippen LogP contribution in [0.4, 0.5) is 23.7 Å². The van der Waals surface area contributed by atoms with Gasteiger partial charge in [-0.1, -0.05) is 11.6 Å². The summed E-state index contributed by atoms with van der Waals surface area (Å²) in [5.74, 6) is -0.362. The van der Waals surface area contributed by atoms with E-state index >= 15 is 0 Å². The summed E-state index contributed by atoms with van der Waals surface area (Å²) in [5, 5.41) is 19.5. The molecule has 10 nitrogen and oxygen atoms in total. The molecule has 4 heterocycles. The van der Waals surface area contributed by atoms with Crippen molar-refractivity contribution in [1.82, 2.24) is 24.3 Å². The number of halogens is 4. The average molecular weight is 669 g/mol. The lowest BCUT2D eigenvalue weighted by Gasteiger charge is -2.41. The van der Waals surface area contributed by atoms with Gasteiger partial charge in [0.15, 0.2) is 0 Å². The number of nitrogens with zero attached hydrogens (tertiary/aromatic N) is 5. The van der Waals surface area contributed by atoms with E-state index in [-0.39, 0.29) is 31.0 Å². The molecule has 45 heavy (non-hydrogen) atoms. The number of likely N-dealkylation sites (tertiary alicyclic amines) is 1. The fourth-order valence-corrected chi connectivity index (χ4v) is 7.30. The summed E-state index contributed by atoms with van der Waals surface area (Å²) in [4.78, 5) is 16.8. The van der Waals surface area contributed by atoms with E-state index in [2.05, 4.69) is 10.2 Å². The van der Waals surface area contributed by atoms with Crippen LogP contribution in [0.15, 0.2) is 42.5 Å². The van der Waals surface area contributed by atoms with Crippen molar-refractivity contribution >= 4 is 33.3 Å². The number of aliphatic hydroxyl groups excluding tert-OH is 1. The van der Waals surface area contributed by atoms with Gasteiger partial charge in [-0.25, -0.2) is 26.4 Å². The molecule has 1 saturated heterocycles. The Bertz CT molecular complexity index is 1620. The molecule has 3 aliphatic heterocycles. The summed E-state index contributed by atoms with van der Waals surface area (Å²) in [5.41, 5.74) is 4.88. The lowest BCUT2D eigenvalue weighted by atomic mass is 9.99. The maximum absolute atomic E-state index is 13.6. The number of urea groups is 1. The molecular formula is C30H36ClF3N6O4S. The third kappa shape index (κ3) is 7.63. The number of sulfonamides is 1. The third-order valence-electron chi connectivity index (χ3n) is 8.41. The second kappa shape index (κ2) is 14.1. The van der Waals surface area contributed by atoms with Gasteiger partial charge in [-0.2, -0.15) is 9.40 Å². The quantitative estimate of drug-likeness (QED) is 0.393. The molecule has 2 amide bonds. The lowest BCUT2D eigenvalue weighted by molar-refractivity contribution is 0.0814. The number of fused-ring (bicyclic) bond motifs is 2. The van der Waals surface area contributed by atoms with Gasteiger partial charge in [-0.05, 0) is 60.9 Å². The molecule has 1 aromatic heterocycles. The molecule has 244 valence electrons. The molecule has 1 unspecified atom stereocenters. The van der Waals surface area contributed by atoms with E-state index in [1.165, 1.54) is 22.7 Å². The highest BCUT2D eigenvalue weighted by Crippen LogP contribution is 2.33. The molecule has 0 saturated carbocycles. The number of carbonyl (C=O) groups is 1. The van der Waals surface area contributed by atoms with Crippen molar-refractivity contribution in [2.24, 2.45) is 0 Å². The number of aromatic nitrogens is 2. The minimum Gasteiger partial charge on any atom is -0.390 e. The van der Waals surface area contributed by atoms with E-state index in [4.69, 9.17) is 16.7 Å². The number of piperidine rings is 1. The summed E-state index contributed by atoms with van der Waals surface area (Å²) < 4.78 is 60.6. The Hall–Kier alpha value is -3.17. The van der Waals surface area contributed by atoms with Crippen LogP contribution in [0.2, 0.25) is 5.02 Å². The first kappa shape index (κ1) is 33.2. The Labute approximate surface area is 265 Å². The molecular weight excluding hydrogens is 633 g/mol. The van der Waals surface area contributed by atoms with Gasteiger partial charge in [0, 0.05) is 73.6 Å². The Kier molecular flexibility index (Phi) is 10.4. The molecule has 2 aromatic carbocycles. The van der Waals surface area contributed by atoms with Crippen molar-refractivity contribution in [3.05, 3.63) is 70.1 Å². The number of carbonyl (C=O) groups excluding carboxylic acids is 1. The van der Waals surface area contributed by atoms with E-state index in [0.29, 0.717) is 42.3 Å². The monoisotopic (exact) mass is 668 g/mol. The molecule has 0 radical (unpaired) electrons. The van der Waals surface area contributed by atoms with Crippen molar-refractivity contribution < 1.29 is 31.5 Å². The third-order valence-corrected chi connectivity index (χ3v) is 9.90. The van der Waals surface area contributed by atoms with Crippen LogP contribution in [0.3, 0.4) is 0 Å². The summed E-state index contributed by atoms with van der Waals surface area (Å²) >= 11 is 6.17. The minimum absolute atomic E-state index is 0.0489. The second-order valence-corrected chi connectivity index (χ2v) is 13.8. The topological polar surface area (TPSA) is 111 Å². The van der Waals surface area contributed by atoms with E-state index < -0.39 is 23.1 Å². The number of alkyl halides is 2. The summed E-state index contributed by atoms with van der Waals surface area (Å²) in [7, 11) is -3.40. The molecule has 0 bridgehead atoms. The van der Waals surface area contributed by atoms with Crippen molar-refractivity contribution in [3.63, 3.8) is 0 Å². The summed E-state index contributed by atoms with van der Waals surface area (Å²) in [6.07, 6.45) is 2.50. The van der Waals surface area contributed by atoms with Crippen LogP contribution in [-0.2, 0) is 36.1 Å². The largest absolute Gasteiger partial charge is 0.390 e. The van der Waals surface area contributed by atoms with Crippen molar-refractivity contribution in [2.75, 3.05) is 44.3 Å². The highest BCUT2D eigenvalue weighted by Gasteiger charge is 2.34. The van der Waals surface area contributed by atoms with Crippen molar-refractivity contribution in [2.45, 2.75) is 51.0 Å². The zero-order chi connectivity index (χ0) is 32.3. The predicted octanol–water partition coefficient (Wildman–Crippen LogP) is 4.10. The Morgan fingerprint density at radius 2 is 1.78 bits per heavy atom. The maximum atomic E-state index is 13.6. The number of hydrogen-bond donors (Lipinski definition) is 2. The molecule has 3 aliphatic rings. The number of rotatable bonds is 7. The normalized spacial score (nSPS) is 18.4. The van der Waals surface area contributed by atoms with Crippen LogP contribution in [-0.4, -0.2) is 90.1 Å². The average Bonchev–Trinajstić information content (AvgIpc) is 3.35. The number of hydrogen-bond acceptors (Lipinski definition) is 6. The van der Waals surface area contributed by atoms with Gasteiger partial charge in [0.1, 0.15) is 5.82 Å². The standard InChI is InChI=1S/C29H34ClFN6O4S.CH2F2/c1-42(40,41)35-13-10-27-25(18-35)28(19-2-5-22(31)6-3-19)33-36(27)17-24(38)16-34-11-8-23(9-12-34)37-26-7-4-21(30)14-20(26)15-32-29(37)39;2-1-3/h2-7,14,23-24,38H,8-13,15-18H2,1H3,(H,32,39);1H2. The fourth-order valence-electron chi connectivity index (χ4n) is 6.31. The number of β-amino-alcohol motifs (C(OH)–C–C–N with tert-alkyl or cyclic N) is 1. The fraction of sp³-hybridized carbons (Fsp3) is 0.467. The Balaban J connectivity index is 0.00000128. The van der Waals surface area contributed by atoms with Crippen molar-refractivity contribution in [1.29, 1.82) is 0 Å². The molecule has 3 aromatic rings. The van der Waals surface area contributed by atoms with E-state index in [0.717, 1.165) is 48.4 Å². The zero-order valence-electron chi connectivity index (χ0n) is 24.8. The first-order chi connectivity index (χ1) is 21.5. The summed E-state index contributed by atoms with van der Waals surface area (Å²) in [6.45, 7) is 1.40. The van der Waals surface area contributed by atoms with Crippen molar-refractivity contribution in [3.8, 4) is 11.3 Å². The minimum atomic E-state index is -3.40. The molecule has 0 aliphatic carbocycles. The zero-order valence-corrected chi connectivity index (χ0v) is 26.4. The van der Waals surface area contributed by atoms with Gasteiger partial charge in [0.05, 0.1) is 30.3 Å². The number of nitrogens with one attached hydrogen (secondary N) is 1. The molecule has 1 fully saturated rings. The predicted molar refractivity (Wildman–Crippen MR) is 165 cm³/mol. The molecule has 1 atom stereocenters.